The molecule has 20 heavy (non-hydrogen) atoms. The topological polar surface area (TPSA) is 15.3 Å². The summed E-state index contributed by atoms with van der Waals surface area (Å²) in [6.07, 6.45) is 2.17. The largest absolute Gasteiger partial charge is 0.311 e. The molecule has 1 N–H and O–H groups in total. The molecule has 0 saturated heterocycles. The van der Waals surface area contributed by atoms with Crippen molar-refractivity contribution in [2.45, 2.75) is 0 Å². The van der Waals surface area contributed by atoms with Gasteiger partial charge in [-0.3, -0.25) is 0 Å². The zero-order chi connectivity index (χ0) is 14.1. The SMILES string of the molecule is CN1NCC=C(c2ccc(Cl)cc2)c2cc(Cl)ccc21. The minimum atomic E-state index is 0.735. The van der Waals surface area contributed by atoms with Crippen LogP contribution in [-0.2, 0) is 0 Å². The van der Waals surface area contributed by atoms with E-state index in [0.717, 1.165) is 39.0 Å². The predicted octanol–water partition coefficient (Wildman–Crippen LogP) is 4.38. The van der Waals surface area contributed by atoms with Crippen molar-refractivity contribution in [3.8, 4) is 0 Å². The second kappa shape index (κ2) is 5.49. The summed E-state index contributed by atoms with van der Waals surface area (Å²) in [5, 5.41) is 3.49. The molecule has 2 aromatic rings. The Morgan fingerprint density at radius 2 is 1.70 bits per heavy atom. The van der Waals surface area contributed by atoms with Crippen LogP contribution in [0.15, 0.2) is 48.5 Å². The maximum absolute atomic E-state index is 6.17. The van der Waals surface area contributed by atoms with E-state index in [0.29, 0.717) is 0 Å². The van der Waals surface area contributed by atoms with Crippen LogP contribution >= 0.6 is 23.2 Å². The summed E-state index contributed by atoms with van der Waals surface area (Å²) in [6, 6.07) is 13.8. The van der Waals surface area contributed by atoms with Gasteiger partial charge in [-0.1, -0.05) is 41.4 Å². The number of anilines is 1. The molecule has 0 saturated carbocycles. The van der Waals surface area contributed by atoms with Crippen LogP contribution < -0.4 is 10.4 Å². The third-order valence-corrected chi connectivity index (χ3v) is 3.89. The third-order valence-electron chi connectivity index (χ3n) is 3.40. The van der Waals surface area contributed by atoms with Crippen molar-refractivity contribution in [2.75, 3.05) is 18.6 Å². The van der Waals surface area contributed by atoms with Crippen LogP contribution in [-0.4, -0.2) is 13.6 Å². The first kappa shape index (κ1) is 13.5. The van der Waals surface area contributed by atoms with Gasteiger partial charge in [0.15, 0.2) is 0 Å². The molecule has 0 aliphatic carbocycles. The van der Waals surface area contributed by atoms with E-state index in [1.54, 1.807) is 0 Å². The quantitative estimate of drug-likeness (QED) is 0.841. The van der Waals surface area contributed by atoms with Crippen LogP contribution in [0.2, 0.25) is 10.0 Å². The van der Waals surface area contributed by atoms with E-state index < -0.39 is 0 Å². The molecular weight excluding hydrogens is 291 g/mol. The van der Waals surface area contributed by atoms with Gasteiger partial charge in [0.05, 0.1) is 5.69 Å². The first-order valence-corrected chi connectivity index (χ1v) is 7.14. The molecule has 2 nitrogen and oxygen atoms in total. The van der Waals surface area contributed by atoms with Crippen LogP contribution in [0.5, 0.6) is 0 Å². The number of nitrogens with zero attached hydrogens (tertiary/aromatic N) is 1. The molecule has 0 bridgehead atoms. The van der Waals surface area contributed by atoms with E-state index in [9.17, 15) is 0 Å². The number of nitrogens with one attached hydrogen (secondary N) is 1. The molecule has 0 aromatic heterocycles. The van der Waals surface area contributed by atoms with Gasteiger partial charge in [-0.05, 0) is 41.5 Å². The second-order valence-electron chi connectivity index (χ2n) is 4.71. The van der Waals surface area contributed by atoms with Gasteiger partial charge in [0.1, 0.15) is 0 Å². The Kier molecular flexibility index (Phi) is 3.70. The van der Waals surface area contributed by atoms with E-state index in [1.165, 1.54) is 0 Å². The van der Waals surface area contributed by atoms with E-state index in [-0.39, 0.29) is 0 Å². The Labute approximate surface area is 128 Å². The molecule has 0 atom stereocenters. The molecule has 1 aliphatic heterocycles. The van der Waals surface area contributed by atoms with Gasteiger partial charge < -0.3 is 5.01 Å². The Bertz CT molecular complexity index is 663. The van der Waals surface area contributed by atoms with E-state index in [4.69, 9.17) is 23.2 Å². The molecule has 0 spiro atoms. The van der Waals surface area contributed by atoms with Crippen molar-refractivity contribution >= 4 is 34.5 Å². The minimum absolute atomic E-state index is 0.735. The van der Waals surface area contributed by atoms with Crippen LogP contribution in [0.4, 0.5) is 5.69 Å². The van der Waals surface area contributed by atoms with E-state index in [1.807, 2.05) is 54.5 Å². The standard InChI is InChI=1S/C16H14Cl2N2/c1-20-16-7-6-13(18)10-15(16)14(8-9-19-20)11-2-4-12(17)5-3-11/h2-8,10,19H,9H2,1H3. The number of hydrogen-bond donors (Lipinski definition) is 1. The van der Waals surface area contributed by atoms with Gasteiger partial charge in [-0.15, -0.1) is 0 Å². The number of hydrazine groups is 1. The zero-order valence-corrected chi connectivity index (χ0v) is 12.5. The Balaban J connectivity index is 2.16. The van der Waals surface area contributed by atoms with Crippen LogP contribution in [0.1, 0.15) is 11.1 Å². The Morgan fingerprint density at radius 1 is 1.00 bits per heavy atom. The fourth-order valence-electron chi connectivity index (χ4n) is 2.40. The summed E-state index contributed by atoms with van der Waals surface area (Å²) in [4.78, 5) is 0. The van der Waals surface area contributed by atoms with Crippen molar-refractivity contribution in [1.82, 2.24) is 5.43 Å². The van der Waals surface area contributed by atoms with Gasteiger partial charge in [0.25, 0.3) is 0 Å². The monoisotopic (exact) mass is 304 g/mol. The van der Waals surface area contributed by atoms with Crippen molar-refractivity contribution in [2.24, 2.45) is 0 Å². The summed E-state index contributed by atoms with van der Waals surface area (Å²) in [6.45, 7) is 0.765. The number of benzene rings is 2. The van der Waals surface area contributed by atoms with Crippen LogP contribution in [0, 0.1) is 0 Å². The minimum Gasteiger partial charge on any atom is -0.311 e. The molecule has 1 heterocycles. The number of halogens is 2. The first-order valence-electron chi connectivity index (χ1n) is 6.38. The lowest BCUT2D eigenvalue weighted by molar-refractivity contribution is 0.744. The summed E-state index contributed by atoms with van der Waals surface area (Å²) in [5.74, 6) is 0. The lowest BCUT2D eigenvalue weighted by Crippen LogP contribution is -2.33. The van der Waals surface area contributed by atoms with Gasteiger partial charge in [0.2, 0.25) is 0 Å². The summed E-state index contributed by atoms with van der Waals surface area (Å²) in [7, 11) is 2.01. The van der Waals surface area contributed by atoms with Crippen molar-refractivity contribution in [3.05, 3.63) is 69.7 Å². The molecule has 2 aromatic carbocycles. The fourth-order valence-corrected chi connectivity index (χ4v) is 2.70. The average Bonchev–Trinajstić information content (AvgIpc) is 2.59. The molecule has 0 fully saturated rings. The summed E-state index contributed by atoms with van der Waals surface area (Å²) < 4.78 is 0. The normalized spacial score (nSPS) is 14.6. The predicted molar refractivity (Wildman–Crippen MR) is 86.4 cm³/mol. The molecule has 0 radical (unpaired) electrons. The lowest BCUT2D eigenvalue weighted by Gasteiger charge is -2.21. The average molecular weight is 305 g/mol. The van der Waals surface area contributed by atoms with Gasteiger partial charge in [0, 0.05) is 29.2 Å². The highest BCUT2D eigenvalue weighted by Gasteiger charge is 2.16. The number of hydrogen-bond acceptors (Lipinski definition) is 2. The highest BCUT2D eigenvalue weighted by Crippen LogP contribution is 2.34. The first-order chi connectivity index (χ1) is 9.65. The molecule has 102 valence electrons. The van der Waals surface area contributed by atoms with Gasteiger partial charge in [-0.2, -0.15) is 0 Å². The Morgan fingerprint density at radius 3 is 2.45 bits per heavy atom. The van der Waals surface area contributed by atoms with Crippen molar-refractivity contribution < 1.29 is 0 Å². The molecule has 0 unspecified atom stereocenters. The number of fused-ring (bicyclic) bond motifs is 1. The fraction of sp³-hybridized carbons (Fsp3) is 0.125. The summed E-state index contributed by atoms with van der Waals surface area (Å²) in [5.41, 5.74) is 7.84. The third kappa shape index (κ3) is 2.55. The second-order valence-corrected chi connectivity index (χ2v) is 5.58. The number of rotatable bonds is 1. The smallest absolute Gasteiger partial charge is 0.0596 e. The van der Waals surface area contributed by atoms with Gasteiger partial charge in [-0.25, -0.2) is 5.43 Å². The maximum atomic E-state index is 6.17. The molecule has 1 aliphatic rings. The van der Waals surface area contributed by atoms with Crippen molar-refractivity contribution in [1.29, 1.82) is 0 Å². The highest BCUT2D eigenvalue weighted by atomic mass is 35.5. The molecule has 3 rings (SSSR count). The van der Waals surface area contributed by atoms with E-state index in [2.05, 4.69) is 11.5 Å². The maximum Gasteiger partial charge on any atom is 0.0596 e. The van der Waals surface area contributed by atoms with Crippen LogP contribution in [0.3, 0.4) is 0 Å². The summed E-state index contributed by atoms with van der Waals surface area (Å²) >= 11 is 12.1. The van der Waals surface area contributed by atoms with Gasteiger partial charge >= 0.3 is 0 Å². The lowest BCUT2D eigenvalue weighted by atomic mass is 9.96. The molecule has 4 heteroatoms. The zero-order valence-electron chi connectivity index (χ0n) is 11.0. The van der Waals surface area contributed by atoms with Crippen LogP contribution in [0.25, 0.3) is 5.57 Å². The molecular formula is C16H14Cl2N2. The van der Waals surface area contributed by atoms with Crippen molar-refractivity contribution in [3.63, 3.8) is 0 Å². The Hall–Kier alpha value is -1.48. The van der Waals surface area contributed by atoms with E-state index >= 15 is 0 Å². The highest BCUT2D eigenvalue weighted by molar-refractivity contribution is 6.31. The molecule has 0 amide bonds.